The van der Waals surface area contributed by atoms with Crippen molar-refractivity contribution in [3.05, 3.63) is 90.1 Å². The number of rotatable bonds is 6. The van der Waals surface area contributed by atoms with Crippen molar-refractivity contribution >= 4 is 28.7 Å². The van der Waals surface area contributed by atoms with E-state index < -0.39 is 0 Å². The number of ether oxygens (including phenoxy) is 2. The van der Waals surface area contributed by atoms with Crippen molar-refractivity contribution in [3.8, 4) is 22.8 Å². The molecule has 0 amide bonds. The number of benzene rings is 3. The molecule has 164 valence electrons. The molecule has 5 rings (SSSR count). The van der Waals surface area contributed by atoms with Crippen LogP contribution in [-0.2, 0) is 7.05 Å². The van der Waals surface area contributed by atoms with E-state index >= 15 is 0 Å². The van der Waals surface area contributed by atoms with Gasteiger partial charge in [0.05, 0.1) is 25.3 Å². The van der Waals surface area contributed by atoms with Crippen LogP contribution in [0.4, 0.5) is 0 Å². The topological polar surface area (TPSA) is 57.8 Å². The normalized spacial score (nSPS) is 11.5. The average Bonchev–Trinajstić information content (AvgIpc) is 3.39. The highest BCUT2D eigenvalue weighted by Crippen LogP contribution is 2.33. The smallest absolute Gasteiger partial charge is 0.215 e. The molecule has 0 atom stereocenters. The Bertz CT molecular complexity index is 1510. The summed E-state index contributed by atoms with van der Waals surface area (Å²) >= 11 is 0. The minimum absolute atomic E-state index is 0.150. The molecule has 0 aliphatic rings. The number of allylic oxidation sites excluding steroid dienone is 1. The first-order valence-corrected chi connectivity index (χ1v) is 10.6. The zero-order valence-corrected chi connectivity index (χ0v) is 18.6. The SMILES string of the molecule is COc1cccc(/C=C\C(=O)c2c(-c3ccccc3)nc3n(C)c4ccccc4n23)c1OC. The molecule has 3 aromatic carbocycles. The van der Waals surface area contributed by atoms with Gasteiger partial charge in [-0.15, -0.1) is 0 Å². The Hall–Kier alpha value is -4.32. The summed E-state index contributed by atoms with van der Waals surface area (Å²) in [4.78, 5) is 18.5. The van der Waals surface area contributed by atoms with Crippen molar-refractivity contribution in [2.75, 3.05) is 14.2 Å². The van der Waals surface area contributed by atoms with Gasteiger partial charge in [0, 0.05) is 18.2 Å². The van der Waals surface area contributed by atoms with Gasteiger partial charge < -0.3 is 14.0 Å². The van der Waals surface area contributed by atoms with Crippen molar-refractivity contribution in [2.45, 2.75) is 0 Å². The molecule has 6 nitrogen and oxygen atoms in total. The molecule has 0 spiro atoms. The number of aromatic nitrogens is 3. The Kier molecular flexibility index (Phi) is 5.18. The largest absolute Gasteiger partial charge is 0.493 e. The van der Waals surface area contributed by atoms with E-state index in [4.69, 9.17) is 14.5 Å². The Morgan fingerprint density at radius 3 is 2.33 bits per heavy atom. The average molecular weight is 437 g/mol. The molecule has 0 saturated heterocycles. The van der Waals surface area contributed by atoms with E-state index in [-0.39, 0.29) is 5.78 Å². The molecule has 0 bridgehead atoms. The first kappa shape index (κ1) is 20.6. The van der Waals surface area contributed by atoms with Crippen LogP contribution in [-0.4, -0.2) is 34.0 Å². The molecular weight excluding hydrogens is 414 g/mol. The number of para-hydroxylation sites is 3. The molecule has 0 radical (unpaired) electrons. The van der Waals surface area contributed by atoms with Gasteiger partial charge in [0.25, 0.3) is 0 Å². The van der Waals surface area contributed by atoms with Crippen molar-refractivity contribution in [2.24, 2.45) is 7.05 Å². The molecule has 2 heterocycles. The molecule has 33 heavy (non-hydrogen) atoms. The lowest BCUT2D eigenvalue weighted by molar-refractivity contribution is 0.104. The first-order chi connectivity index (χ1) is 16.1. The summed E-state index contributed by atoms with van der Waals surface area (Å²) in [5, 5.41) is 0. The fourth-order valence-corrected chi connectivity index (χ4v) is 4.22. The second-order valence-electron chi connectivity index (χ2n) is 7.64. The van der Waals surface area contributed by atoms with E-state index in [0.717, 1.165) is 22.2 Å². The Labute approximate surface area is 191 Å². The van der Waals surface area contributed by atoms with Gasteiger partial charge >= 0.3 is 0 Å². The third kappa shape index (κ3) is 3.36. The zero-order chi connectivity index (χ0) is 22.9. The second-order valence-corrected chi connectivity index (χ2v) is 7.64. The standard InChI is InChI=1S/C27H23N3O3/c1-29-20-13-7-8-14-21(20)30-25(24(28-27(29)30)18-10-5-4-6-11-18)22(31)17-16-19-12-9-15-23(32-2)26(19)33-3/h4-17H,1-3H3/b17-16-. The Balaban J connectivity index is 1.71. The maximum Gasteiger partial charge on any atom is 0.215 e. The van der Waals surface area contributed by atoms with Gasteiger partial charge in [-0.2, -0.15) is 0 Å². The molecule has 5 aromatic rings. The fraction of sp³-hybridized carbons (Fsp3) is 0.111. The van der Waals surface area contributed by atoms with Gasteiger partial charge in [0.2, 0.25) is 11.6 Å². The number of fused-ring (bicyclic) bond motifs is 3. The molecule has 0 saturated carbocycles. The highest BCUT2D eigenvalue weighted by atomic mass is 16.5. The van der Waals surface area contributed by atoms with Gasteiger partial charge in [-0.1, -0.05) is 54.6 Å². The molecule has 0 fully saturated rings. The number of hydrogen-bond donors (Lipinski definition) is 0. The van der Waals surface area contributed by atoms with E-state index in [0.29, 0.717) is 28.7 Å². The Morgan fingerprint density at radius 1 is 0.879 bits per heavy atom. The summed E-state index contributed by atoms with van der Waals surface area (Å²) in [6, 6.07) is 23.3. The van der Waals surface area contributed by atoms with Crippen LogP contribution in [0, 0.1) is 0 Å². The number of carbonyl (C=O) groups is 1. The van der Waals surface area contributed by atoms with Gasteiger partial charge in [-0.3, -0.25) is 9.20 Å². The summed E-state index contributed by atoms with van der Waals surface area (Å²) in [5.41, 5.74) is 4.75. The summed E-state index contributed by atoms with van der Waals surface area (Å²) in [6.45, 7) is 0. The van der Waals surface area contributed by atoms with Crippen LogP contribution < -0.4 is 9.47 Å². The van der Waals surface area contributed by atoms with Gasteiger partial charge in [-0.25, -0.2) is 4.98 Å². The van der Waals surface area contributed by atoms with Crippen molar-refractivity contribution < 1.29 is 14.3 Å². The lowest BCUT2D eigenvalue weighted by Crippen LogP contribution is -2.02. The molecular formula is C27H23N3O3. The van der Waals surface area contributed by atoms with Crippen LogP contribution in [0.1, 0.15) is 16.1 Å². The van der Waals surface area contributed by atoms with Crippen LogP contribution in [0.25, 0.3) is 34.1 Å². The maximum absolute atomic E-state index is 13.7. The molecule has 0 aliphatic heterocycles. The number of ketones is 1. The minimum Gasteiger partial charge on any atom is -0.493 e. The summed E-state index contributed by atoms with van der Waals surface area (Å²) < 4.78 is 14.8. The van der Waals surface area contributed by atoms with Crippen molar-refractivity contribution in [1.82, 2.24) is 14.0 Å². The lowest BCUT2D eigenvalue weighted by atomic mass is 10.1. The number of hydrogen-bond acceptors (Lipinski definition) is 4. The monoisotopic (exact) mass is 437 g/mol. The van der Waals surface area contributed by atoms with E-state index in [9.17, 15) is 4.79 Å². The summed E-state index contributed by atoms with van der Waals surface area (Å²) in [5.74, 6) is 1.75. The summed E-state index contributed by atoms with van der Waals surface area (Å²) in [6.07, 6.45) is 3.32. The van der Waals surface area contributed by atoms with Crippen LogP contribution in [0.2, 0.25) is 0 Å². The number of aryl methyl sites for hydroxylation is 1. The van der Waals surface area contributed by atoms with Crippen molar-refractivity contribution in [1.29, 1.82) is 0 Å². The molecule has 2 aromatic heterocycles. The molecule has 6 heteroatoms. The van der Waals surface area contributed by atoms with E-state index in [1.807, 2.05) is 88.8 Å². The van der Waals surface area contributed by atoms with Crippen LogP contribution >= 0.6 is 0 Å². The van der Waals surface area contributed by atoms with Crippen LogP contribution in [0.15, 0.2) is 78.9 Å². The molecule has 0 N–H and O–H groups in total. The summed E-state index contributed by atoms with van der Waals surface area (Å²) in [7, 11) is 5.14. The fourth-order valence-electron chi connectivity index (χ4n) is 4.22. The predicted molar refractivity (Wildman–Crippen MR) is 130 cm³/mol. The van der Waals surface area contributed by atoms with Crippen LogP contribution in [0.5, 0.6) is 11.5 Å². The Morgan fingerprint density at radius 2 is 1.61 bits per heavy atom. The lowest BCUT2D eigenvalue weighted by Gasteiger charge is -2.09. The number of nitrogens with zero attached hydrogens (tertiary/aromatic N) is 3. The quantitative estimate of drug-likeness (QED) is 0.263. The van der Waals surface area contributed by atoms with E-state index in [2.05, 4.69) is 0 Å². The highest BCUT2D eigenvalue weighted by molar-refractivity contribution is 6.11. The first-order valence-electron chi connectivity index (χ1n) is 10.6. The minimum atomic E-state index is -0.150. The van der Waals surface area contributed by atoms with Crippen molar-refractivity contribution in [3.63, 3.8) is 0 Å². The molecule has 0 unspecified atom stereocenters. The zero-order valence-electron chi connectivity index (χ0n) is 18.6. The predicted octanol–water partition coefficient (Wildman–Crippen LogP) is 5.41. The molecule has 0 aliphatic carbocycles. The maximum atomic E-state index is 13.7. The van der Waals surface area contributed by atoms with Gasteiger partial charge in [0.1, 0.15) is 11.4 Å². The van der Waals surface area contributed by atoms with E-state index in [1.165, 1.54) is 0 Å². The highest BCUT2D eigenvalue weighted by Gasteiger charge is 2.23. The number of methoxy groups -OCH3 is 2. The number of carbonyl (C=O) groups excluding carboxylic acids is 1. The number of imidazole rings is 2. The van der Waals surface area contributed by atoms with Gasteiger partial charge in [-0.05, 0) is 30.4 Å². The second kappa shape index (κ2) is 8.31. The van der Waals surface area contributed by atoms with Gasteiger partial charge in [0.15, 0.2) is 11.5 Å². The third-order valence-electron chi connectivity index (χ3n) is 5.77. The van der Waals surface area contributed by atoms with E-state index in [1.54, 1.807) is 26.4 Å². The van der Waals surface area contributed by atoms with Crippen LogP contribution in [0.3, 0.4) is 0 Å². The third-order valence-corrected chi connectivity index (χ3v) is 5.77.